The lowest BCUT2D eigenvalue weighted by Gasteiger charge is -1.94. The average molecular weight is 262 g/mol. The molecule has 7 heteroatoms. The Balaban J connectivity index is 0.00000120. The maximum absolute atomic E-state index is 5.75. The molecule has 0 spiro atoms. The fourth-order valence-corrected chi connectivity index (χ4v) is 1.67. The molecule has 3 aromatic rings. The molecular weight excluding hydrogens is 252 g/mol. The van der Waals surface area contributed by atoms with Gasteiger partial charge in [-0.15, -0.1) is 0 Å². The number of aromatic nitrogens is 4. The number of halogens is 1. The lowest BCUT2D eigenvalue weighted by atomic mass is 10.2. The third kappa shape index (κ3) is 1.93. The molecule has 5 N–H and O–H groups in total. The molecule has 2 heterocycles. The fraction of sp³-hybridized carbons (Fsp3) is 0. The van der Waals surface area contributed by atoms with Gasteiger partial charge in [-0.2, -0.15) is 9.97 Å². The summed E-state index contributed by atoms with van der Waals surface area (Å²) in [6.07, 6.45) is 0. The monoisotopic (exact) mass is 261 g/mol. The predicted octanol–water partition coefficient (Wildman–Crippen LogP) is -1.81. The van der Waals surface area contributed by atoms with Crippen LogP contribution in [-0.4, -0.2) is 19.9 Å². The van der Waals surface area contributed by atoms with Crippen LogP contribution in [0.4, 0.5) is 11.8 Å². The molecule has 0 aliphatic carbocycles. The van der Waals surface area contributed by atoms with Crippen molar-refractivity contribution >= 4 is 22.9 Å². The Labute approximate surface area is 109 Å². The minimum absolute atomic E-state index is 0. The molecule has 6 nitrogen and oxygen atoms in total. The zero-order chi connectivity index (χ0) is 11.8. The topological polar surface area (TPSA) is 106 Å². The second-order valence-electron chi connectivity index (χ2n) is 3.62. The molecular formula is C11H10ClN6-. The molecule has 92 valence electrons. The first kappa shape index (κ1) is 12.1. The standard InChI is InChI=1S/C11H10N6.ClH/c12-8-7-10(17-11(13)15-8)16-9(14-7)6-4-2-1-3-5-6;/h1-5H,(H5,12,13,14,15,16,17);1H/p-1. The van der Waals surface area contributed by atoms with Gasteiger partial charge in [0.1, 0.15) is 11.3 Å². The zero-order valence-electron chi connectivity index (χ0n) is 9.26. The van der Waals surface area contributed by atoms with Crippen LogP contribution in [0.5, 0.6) is 0 Å². The molecule has 2 aromatic heterocycles. The van der Waals surface area contributed by atoms with Gasteiger partial charge < -0.3 is 28.9 Å². The minimum atomic E-state index is 0. The van der Waals surface area contributed by atoms with Crippen molar-refractivity contribution in [1.29, 1.82) is 0 Å². The molecule has 0 bridgehead atoms. The number of anilines is 2. The number of aromatic amines is 1. The van der Waals surface area contributed by atoms with E-state index < -0.39 is 0 Å². The summed E-state index contributed by atoms with van der Waals surface area (Å²) in [6, 6.07) is 9.71. The Morgan fingerprint density at radius 3 is 2.39 bits per heavy atom. The van der Waals surface area contributed by atoms with Gasteiger partial charge in [-0.3, -0.25) is 0 Å². The van der Waals surface area contributed by atoms with E-state index in [0.717, 1.165) is 5.56 Å². The van der Waals surface area contributed by atoms with Gasteiger partial charge in [0.25, 0.3) is 0 Å². The van der Waals surface area contributed by atoms with E-state index in [1.807, 2.05) is 30.3 Å². The van der Waals surface area contributed by atoms with E-state index in [2.05, 4.69) is 19.9 Å². The van der Waals surface area contributed by atoms with Gasteiger partial charge >= 0.3 is 0 Å². The number of nitrogens with two attached hydrogens (primary N) is 2. The summed E-state index contributed by atoms with van der Waals surface area (Å²) in [5.41, 5.74) is 13.3. The summed E-state index contributed by atoms with van der Waals surface area (Å²) in [7, 11) is 0. The first-order valence-electron chi connectivity index (χ1n) is 5.08. The third-order valence-electron chi connectivity index (χ3n) is 2.44. The van der Waals surface area contributed by atoms with Gasteiger partial charge in [0.15, 0.2) is 11.5 Å². The van der Waals surface area contributed by atoms with Gasteiger partial charge in [0, 0.05) is 5.56 Å². The van der Waals surface area contributed by atoms with Crippen LogP contribution in [0.25, 0.3) is 22.6 Å². The normalized spacial score (nSPS) is 10.2. The Morgan fingerprint density at radius 1 is 0.944 bits per heavy atom. The highest BCUT2D eigenvalue weighted by molar-refractivity contribution is 5.85. The van der Waals surface area contributed by atoms with E-state index in [4.69, 9.17) is 11.5 Å². The first-order chi connectivity index (χ1) is 8.24. The van der Waals surface area contributed by atoms with Gasteiger partial charge in [-0.1, -0.05) is 30.3 Å². The van der Waals surface area contributed by atoms with Crippen molar-refractivity contribution < 1.29 is 12.4 Å². The average Bonchev–Trinajstić information content (AvgIpc) is 2.74. The van der Waals surface area contributed by atoms with Gasteiger partial charge in [0.2, 0.25) is 5.95 Å². The molecule has 0 amide bonds. The van der Waals surface area contributed by atoms with Gasteiger partial charge in [-0.05, 0) is 0 Å². The Hall–Kier alpha value is -2.34. The summed E-state index contributed by atoms with van der Waals surface area (Å²) < 4.78 is 0. The lowest BCUT2D eigenvalue weighted by molar-refractivity contribution is -0.00000382. The number of nitrogens with zero attached hydrogens (tertiary/aromatic N) is 3. The summed E-state index contributed by atoms with van der Waals surface area (Å²) in [5.74, 6) is 1.13. The van der Waals surface area contributed by atoms with Crippen LogP contribution in [-0.2, 0) is 0 Å². The SMILES string of the molecule is Nc1nc(N)c2[nH]c(-c3ccccc3)nc2n1.[Cl-]. The number of nitrogen functional groups attached to an aromatic ring is 2. The maximum atomic E-state index is 5.75. The Bertz CT molecular complexity index is 679. The van der Waals surface area contributed by atoms with Crippen molar-refractivity contribution in [3.8, 4) is 11.4 Å². The first-order valence-corrected chi connectivity index (χ1v) is 5.08. The molecule has 0 radical (unpaired) electrons. The third-order valence-corrected chi connectivity index (χ3v) is 2.44. The second-order valence-corrected chi connectivity index (χ2v) is 3.62. The molecule has 1 aromatic carbocycles. The molecule has 0 saturated heterocycles. The van der Waals surface area contributed by atoms with Crippen molar-refractivity contribution in [2.75, 3.05) is 11.5 Å². The Kier molecular flexibility index (Phi) is 3.03. The number of hydrogen-bond acceptors (Lipinski definition) is 5. The van der Waals surface area contributed by atoms with E-state index in [1.54, 1.807) is 0 Å². The molecule has 0 saturated carbocycles. The summed E-state index contributed by atoms with van der Waals surface area (Å²) in [5, 5.41) is 0. The van der Waals surface area contributed by atoms with Crippen molar-refractivity contribution in [3.05, 3.63) is 30.3 Å². The number of benzene rings is 1. The Morgan fingerprint density at radius 2 is 1.67 bits per heavy atom. The molecule has 18 heavy (non-hydrogen) atoms. The molecule has 0 aliphatic heterocycles. The van der Waals surface area contributed by atoms with E-state index in [-0.39, 0.29) is 18.4 Å². The molecule has 0 unspecified atom stereocenters. The highest BCUT2D eigenvalue weighted by Crippen LogP contribution is 2.22. The van der Waals surface area contributed by atoms with E-state index in [0.29, 0.717) is 22.8 Å². The smallest absolute Gasteiger partial charge is 0.224 e. The number of fused-ring (bicyclic) bond motifs is 1. The van der Waals surface area contributed by atoms with Crippen LogP contribution in [0.1, 0.15) is 0 Å². The van der Waals surface area contributed by atoms with E-state index >= 15 is 0 Å². The maximum Gasteiger partial charge on any atom is 0.224 e. The van der Waals surface area contributed by atoms with Crippen LogP contribution < -0.4 is 23.9 Å². The van der Waals surface area contributed by atoms with Crippen LogP contribution in [0, 0.1) is 0 Å². The molecule has 0 atom stereocenters. The van der Waals surface area contributed by atoms with Crippen LogP contribution >= 0.6 is 0 Å². The van der Waals surface area contributed by atoms with Gasteiger partial charge in [-0.25, -0.2) is 4.98 Å². The van der Waals surface area contributed by atoms with Crippen LogP contribution in [0.15, 0.2) is 30.3 Å². The summed E-state index contributed by atoms with van der Waals surface area (Å²) >= 11 is 0. The largest absolute Gasteiger partial charge is 1.00 e. The quantitative estimate of drug-likeness (QED) is 0.479. The van der Waals surface area contributed by atoms with Crippen molar-refractivity contribution in [1.82, 2.24) is 19.9 Å². The number of nitrogens with one attached hydrogen (secondary N) is 1. The van der Waals surface area contributed by atoms with Crippen molar-refractivity contribution in [3.63, 3.8) is 0 Å². The van der Waals surface area contributed by atoms with Gasteiger partial charge in [0.05, 0.1) is 0 Å². The van der Waals surface area contributed by atoms with Crippen LogP contribution in [0.3, 0.4) is 0 Å². The highest BCUT2D eigenvalue weighted by atomic mass is 35.5. The fourth-order valence-electron chi connectivity index (χ4n) is 1.67. The molecule has 0 aliphatic rings. The molecule has 3 rings (SSSR count). The van der Waals surface area contributed by atoms with Crippen LogP contribution in [0.2, 0.25) is 0 Å². The predicted molar refractivity (Wildman–Crippen MR) is 65.9 cm³/mol. The number of H-pyrrole nitrogens is 1. The number of imidazole rings is 1. The summed E-state index contributed by atoms with van der Waals surface area (Å²) in [6.45, 7) is 0. The molecule has 0 fully saturated rings. The zero-order valence-corrected chi connectivity index (χ0v) is 10.0. The highest BCUT2D eigenvalue weighted by Gasteiger charge is 2.10. The second kappa shape index (κ2) is 4.50. The number of hydrogen-bond donors (Lipinski definition) is 3. The van der Waals surface area contributed by atoms with Crippen molar-refractivity contribution in [2.24, 2.45) is 0 Å². The van der Waals surface area contributed by atoms with E-state index in [1.165, 1.54) is 0 Å². The lowest BCUT2D eigenvalue weighted by Crippen LogP contribution is -3.00. The van der Waals surface area contributed by atoms with E-state index in [9.17, 15) is 0 Å². The minimum Gasteiger partial charge on any atom is -1.00 e. The summed E-state index contributed by atoms with van der Waals surface area (Å²) in [4.78, 5) is 15.3. The van der Waals surface area contributed by atoms with Crippen molar-refractivity contribution in [2.45, 2.75) is 0 Å². The number of rotatable bonds is 1.